The van der Waals surface area contributed by atoms with Crippen molar-refractivity contribution in [2.45, 2.75) is 45.1 Å². The van der Waals surface area contributed by atoms with Crippen molar-refractivity contribution in [2.75, 3.05) is 25.1 Å². The van der Waals surface area contributed by atoms with Crippen LogP contribution in [0.15, 0.2) is 42.7 Å². The lowest BCUT2D eigenvalue weighted by atomic mass is 9.54. The Labute approximate surface area is 172 Å². The molecule has 0 bridgehead atoms. The third kappa shape index (κ3) is 3.31. The lowest BCUT2D eigenvalue weighted by Crippen LogP contribution is -2.72. The standard InChI is InChI=1S/C24H29N3O2/c1-17-15-20(3-4-21(17)18-5-11-25-12-6-18)26-23(28)27-16-24(9-2-10-24)22(27)19-7-13-29-14-8-19/h3-6,11-12,15,19,22H,2,7-10,13-14,16H2,1H3,(H,26,28). The first kappa shape index (κ1) is 18.6. The minimum atomic E-state index is 0.0510. The molecular weight excluding hydrogens is 362 g/mol. The van der Waals surface area contributed by atoms with E-state index in [1.807, 2.05) is 18.2 Å². The molecule has 1 atom stereocenters. The second kappa shape index (κ2) is 7.45. The van der Waals surface area contributed by atoms with Crippen LogP contribution in [0.4, 0.5) is 10.5 Å². The van der Waals surface area contributed by atoms with Gasteiger partial charge < -0.3 is 15.0 Å². The van der Waals surface area contributed by atoms with Gasteiger partial charge >= 0.3 is 6.03 Å². The van der Waals surface area contributed by atoms with Gasteiger partial charge in [0, 0.05) is 49.3 Å². The second-order valence-corrected chi connectivity index (χ2v) is 8.93. The van der Waals surface area contributed by atoms with Gasteiger partial charge in [-0.05, 0) is 79.5 Å². The average Bonchev–Trinajstić information content (AvgIpc) is 2.68. The largest absolute Gasteiger partial charge is 0.381 e. The molecule has 3 fully saturated rings. The minimum Gasteiger partial charge on any atom is -0.381 e. The molecule has 5 heteroatoms. The number of hydrogen-bond acceptors (Lipinski definition) is 3. The van der Waals surface area contributed by atoms with Crippen LogP contribution < -0.4 is 5.32 Å². The molecule has 152 valence electrons. The molecule has 1 aromatic heterocycles. The predicted octanol–water partition coefficient (Wildman–Crippen LogP) is 4.87. The SMILES string of the molecule is Cc1cc(NC(=O)N2CC3(CCC3)C2C2CCOCC2)ccc1-c1ccncc1. The quantitative estimate of drug-likeness (QED) is 0.812. The van der Waals surface area contributed by atoms with Crippen molar-refractivity contribution >= 4 is 11.7 Å². The summed E-state index contributed by atoms with van der Waals surface area (Å²) in [5.41, 5.74) is 4.72. The monoisotopic (exact) mass is 391 g/mol. The van der Waals surface area contributed by atoms with Crippen LogP contribution in [0, 0.1) is 18.3 Å². The number of aryl methyl sites for hydroxylation is 1. The molecule has 2 aliphatic heterocycles. The Morgan fingerprint density at radius 1 is 1.17 bits per heavy atom. The molecule has 1 spiro atoms. The van der Waals surface area contributed by atoms with Crippen molar-refractivity contribution in [3.05, 3.63) is 48.3 Å². The molecular formula is C24H29N3O2. The van der Waals surface area contributed by atoms with Crippen molar-refractivity contribution in [3.63, 3.8) is 0 Å². The van der Waals surface area contributed by atoms with E-state index >= 15 is 0 Å². The molecule has 1 saturated carbocycles. The summed E-state index contributed by atoms with van der Waals surface area (Å²) in [4.78, 5) is 19.3. The Balaban J connectivity index is 1.30. The van der Waals surface area contributed by atoms with Crippen molar-refractivity contribution in [1.82, 2.24) is 9.88 Å². The minimum absolute atomic E-state index is 0.0510. The fourth-order valence-electron chi connectivity index (χ4n) is 5.61. The number of carbonyl (C=O) groups excluding carboxylic acids is 1. The zero-order chi connectivity index (χ0) is 19.8. The first-order valence-corrected chi connectivity index (χ1v) is 10.8. The van der Waals surface area contributed by atoms with E-state index in [0.29, 0.717) is 17.4 Å². The molecule has 29 heavy (non-hydrogen) atoms. The number of amides is 2. The number of pyridine rings is 1. The van der Waals surface area contributed by atoms with E-state index in [4.69, 9.17) is 4.74 Å². The van der Waals surface area contributed by atoms with Gasteiger partial charge in [-0.25, -0.2) is 4.79 Å². The zero-order valence-corrected chi connectivity index (χ0v) is 17.1. The Bertz CT molecular complexity index is 888. The molecule has 1 N–H and O–H groups in total. The zero-order valence-electron chi connectivity index (χ0n) is 17.1. The Morgan fingerprint density at radius 2 is 1.93 bits per heavy atom. The molecule has 0 radical (unpaired) electrons. The van der Waals surface area contributed by atoms with Gasteiger partial charge in [0.05, 0.1) is 0 Å². The smallest absolute Gasteiger partial charge is 0.322 e. The molecule has 5 nitrogen and oxygen atoms in total. The van der Waals surface area contributed by atoms with Crippen LogP contribution in [0.2, 0.25) is 0 Å². The summed E-state index contributed by atoms with van der Waals surface area (Å²) < 4.78 is 5.57. The first-order valence-electron chi connectivity index (χ1n) is 10.8. The Kier molecular flexibility index (Phi) is 4.78. The molecule has 1 aromatic carbocycles. The molecule has 5 rings (SSSR count). The van der Waals surface area contributed by atoms with E-state index in [2.05, 4.69) is 34.3 Å². The number of nitrogens with one attached hydrogen (secondary N) is 1. The van der Waals surface area contributed by atoms with Crippen LogP contribution in [0.1, 0.15) is 37.7 Å². The summed E-state index contributed by atoms with van der Waals surface area (Å²) in [5.74, 6) is 0.583. The van der Waals surface area contributed by atoms with E-state index in [9.17, 15) is 4.79 Å². The number of aromatic nitrogens is 1. The summed E-state index contributed by atoms with van der Waals surface area (Å²) >= 11 is 0. The van der Waals surface area contributed by atoms with Crippen molar-refractivity contribution < 1.29 is 9.53 Å². The van der Waals surface area contributed by atoms with Gasteiger partial charge in [0.1, 0.15) is 0 Å². The highest BCUT2D eigenvalue weighted by molar-refractivity contribution is 5.91. The number of urea groups is 1. The summed E-state index contributed by atoms with van der Waals surface area (Å²) in [6.45, 7) is 4.67. The molecule has 2 aromatic rings. The van der Waals surface area contributed by atoms with Crippen LogP contribution >= 0.6 is 0 Å². The summed E-state index contributed by atoms with van der Waals surface area (Å²) in [5, 5.41) is 3.16. The van der Waals surface area contributed by atoms with Gasteiger partial charge in [0.15, 0.2) is 0 Å². The highest BCUT2D eigenvalue weighted by Gasteiger charge is 2.59. The highest BCUT2D eigenvalue weighted by Crippen LogP contribution is 2.56. The number of benzene rings is 1. The van der Waals surface area contributed by atoms with Gasteiger partial charge in [-0.2, -0.15) is 0 Å². The third-order valence-electron chi connectivity index (χ3n) is 7.24. The molecule has 1 aliphatic carbocycles. The van der Waals surface area contributed by atoms with Gasteiger partial charge in [-0.1, -0.05) is 12.5 Å². The molecule has 3 heterocycles. The van der Waals surface area contributed by atoms with Crippen molar-refractivity contribution in [3.8, 4) is 11.1 Å². The van der Waals surface area contributed by atoms with Gasteiger partial charge in [-0.3, -0.25) is 4.98 Å². The van der Waals surface area contributed by atoms with Crippen molar-refractivity contribution in [1.29, 1.82) is 0 Å². The fourth-order valence-corrected chi connectivity index (χ4v) is 5.61. The van der Waals surface area contributed by atoms with E-state index in [1.165, 1.54) is 24.8 Å². The fraction of sp³-hybridized carbons (Fsp3) is 0.500. The van der Waals surface area contributed by atoms with Crippen LogP contribution in [-0.2, 0) is 4.74 Å². The number of anilines is 1. The molecule has 2 saturated heterocycles. The van der Waals surface area contributed by atoms with E-state index in [1.54, 1.807) is 12.4 Å². The van der Waals surface area contributed by atoms with Crippen LogP contribution in [-0.4, -0.2) is 41.7 Å². The van der Waals surface area contributed by atoms with Crippen LogP contribution in [0.25, 0.3) is 11.1 Å². The van der Waals surface area contributed by atoms with Gasteiger partial charge in [0.2, 0.25) is 0 Å². The molecule has 1 unspecified atom stereocenters. The lowest BCUT2D eigenvalue weighted by molar-refractivity contribution is -0.135. The molecule has 2 amide bonds. The predicted molar refractivity (Wildman–Crippen MR) is 114 cm³/mol. The number of hydrogen-bond donors (Lipinski definition) is 1. The Hall–Kier alpha value is -2.40. The van der Waals surface area contributed by atoms with E-state index in [0.717, 1.165) is 49.4 Å². The maximum atomic E-state index is 13.1. The average molecular weight is 392 g/mol. The maximum absolute atomic E-state index is 13.1. The number of ether oxygens (including phenoxy) is 1. The number of likely N-dealkylation sites (tertiary alicyclic amines) is 1. The normalized spacial score (nSPS) is 23.3. The first-order chi connectivity index (χ1) is 14.2. The maximum Gasteiger partial charge on any atom is 0.322 e. The van der Waals surface area contributed by atoms with Crippen molar-refractivity contribution in [2.24, 2.45) is 11.3 Å². The summed E-state index contributed by atoms with van der Waals surface area (Å²) in [6, 6.07) is 10.6. The van der Waals surface area contributed by atoms with E-state index < -0.39 is 0 Å². The summed E-state index contributed by atoms with van der Waals surface area (Å²) in [6.07, 6.45) is 9.63. The second-order valence-electron chi connectivity index (χ2n) is 8.93. The number of carbonyl (C=O) groups is 1. The van der Waals surface area contributed by atoms with Gasteiger partial charge in [0.25, 0.3) is 0 Å². The molecule has 3 aliphatic rings. The van der Waals surface area contributed by atoms with Crippen LogP contribution in [0.3, 0.4) is 0 Å². The Morgan fingerprint density at radius 3 is 2.59 bits per heavy atom. The highest BCUT2D eigenvalue weighted by atomic mass is 16.5. The number of rotatable bonds is 3. The number of nitrogens with zero attached hydrogens (tertiary/aromatic N) is 2. The lowest BCUT2D eigenvalue weighted by Gasteiger charge is -2.64. The van der Waals surface area contributed by atoms with Crippen LogP contribution in [0.5, 0.6) is 0 Å². The third-order valence-corrected chi connectivity index (χ3v) is 7.24. The van der Waals surface area contributed by atoms with Gasteiger partial charge in [-0.15, -0.1) is 0 Å². The van der Waals surface area contributed by atoms with E-state index in [-0.39, 0.29) is 6.03 Å². The topological polar surface area (TPSA) is 54.5 Å². The summed E-state index contributed by atoms with van der Waals surface area (Å²) in [7, 11) is 0.